The number of hydrogen-bond acceptors (Lipinski definition) is 1. The second-order valence-corrected chi connectivity index (χ2v) is 5.09. The minimum Gasteiger partial charge on any atom is -0.352 e. The van der Waals surface area contributed by atoms with Crippen LogP contribution < -0.4 is 5.32 Å². The maximum absolute atomic E-state index is 13.1. The molecule has 1 rings (SSSR count). The molecule has 0 aliphatic carbocycles. The summed E-state index contributed by atoms with van der Waals surface area (Å²) >= 11 is 0. The SMILES string of the molecule is CCCCC(CC)CNC(=O)c1ccc(F)c(C)c1. The lowest BCUT2D eigenvalue weighted by atomic mass is 9.99. The predicted molar refractivity (Wildman–Crippen MR) is 76.8 cm³/mol. The van der Waals surface area contributed by atoms with Crippen LogP contribution in [0.15, 0.2) is 18.2 Å². The van der Waals surface area contributed by atoms with E-state index in [0.29, 0.717) is 23.6 Å². The fraction of sp³-hybridized carbons (Fsp3) is 0.562. The number of amides is 1. The zero-order valence-corrected chi connectivity index (χ0v) is 12.1. The molecule has 0 aliphatic heterocycles. The fourth-order valence-electron chi connectivity index (χ4n) is 2.07. The molecular weight excluding hydrogens is 241 g/mol. The lowest BCUT2D eigenvalue weighted by Gasteiger charge is -2.15. The standard InChI is InChI=1S/C16H24FNO/c1-4-6-7-13(5-2)11-18-16(19)14-8-9-15(17)12(3)10-14/h8-10,13H,4-7,11H2,1-3H3,(H,18,19). The van der Waals surface area contributed by atoms with E-state index in [1.54, 1.807) is 13.0 Å². The van der Waals surface area contributed by atoms with Crippen molar-refractivity contribution < 1.29 is 9.18 Å². The van der Waals surface area contributed by atoms with Crippen LogP contribution in [0.25, 0.3) is 0 Å². The molecular formula is C16H24FNO. The molecule has 0 saturated heterocycles. The van der Waals surface area contributed by atoms with Crippen molar-refractivity contribution in [1.29, 1.82) is 0 Å². The Morgan fingerprint density at radius 2 is 2.11 bits per heavy atom. The van der Waals surface area contributed by atoms with Crippen molar-refractivity contribution in [2.75, 3.05) is 6.54 Å². The molecule has 0 aromatic heterocycles. The van der Waals surface area contributed by atoms with Gasteiger partial charge in [0.1, 0.15) is 5.82 Å². The molecule has 0 bridgehead atoms. The summed E-state index contributed by atoms with van der Waals surface area (Å²) < 4.78 is 13.1. The summed E-state index contributed by atoms with van der Waals surface area (Å²) in [5.74, 6) is 0.148. The number of rotatable bonds is 7. The largest absolute Gasteiger partial charge is 0.352 e. The Bertz CT molecular complexity index is 417. The van der Waals surface area contributed by atoms with Gasteiger partial charge >= 0.3 is 0 Å². The van der Waals surface area contributed by atoms with E-state index in [9.17, 15) is 9.18 Å². The lowest BCUT2D eigenvalue weighted by molar-refractivity contribution is 0.0945. The first-order valence-corrected chi connectivity index (χ1v) is 7.12. The third-order valence-electron chi connectivity index (χ3n) is 3.51. The number of unbranched alkanes of at least 4 members (excludes halogenated alkanes) is 1. The van der Waals surface area contributed by atoms with Crippen LogP contribution >= 0.6 is 0 Å². The van der Waals surface area contributed by atoms with Gasteiger partial charge in [-0.3, -0.25) is 4.79 Å². The van der Waals surface area contributed by atoms with Crippen molar-refractivity contribution in [3.63, 3.8) is 0 Å². The summed E-state index contributed by atoms with van der Waals surface area (Å²) in [6.45, 7) is 6.69. The van der Waals surface area contributed by atoms with Crippen molar-refractivity contribution >= 4 is 5.91 Å². The highest BCUT2D eigenvalue weighted by Crippen LogP contribution is 2.12. The molecule has 3 heteroatoms. The van der Waals surface area contributed by atoms with Crippen LogP contribution in [-0.2, 0) is 0 Å². The molecule has 19 heavy (non-hydrogen) atoms. The molecule has 2 nitrogen and oxygen atoms in total. The van der Waals surface area contributed by atoms with Crippen LogP contribution in [0.3, 0.4) is 0 Å². The Morgan fingerprint density at radius 1 is 1.37 bits per heavy atom. The maximum atomic E-state index is 13.1. The number of nitrogens with one attached hydrogen (secondary N) is 1. The molecule has 0 radical (unpaired) electrons. The van der Waals surface area contributed by atoms with E-state index in [4.69, 9.17) is 0 Å². The maximum Gasteiger partial charge on any atom is 0.251 e. The molecule has 0 heterocycles. The number of carbonyl (C=O) groups excluding carboxylic acids is 1. The summed E-state index contributed by atoms with van der Waals surface area (Å²) in [6, 6.07) is 4.47. The first-order chi connectivity index (χ1) is 9.08. The van der Waals surface area contributed by atoms with Crippen LogP contribution in [0.1, 0.15) is 55.5 Å². The first kappa shape index (κ1) is 15.7. The Morgan fingerprint density at radius 3 is 2.68 bits per heavy atom. The predicted octanol–water partition coefficient (Wildman–Crippen LogP) is 4.08. The van der Waals surface area contributed by atoms with Crippen molar-refractivity contribution in [2.24, 2.45) is 5.92 Å². The highest BCUT2D eigenvalue weighted by Gasteiger charge is 2.10. The van der Waals surface area contributed by atoms with Gasteiger partial charge in [-0.15, -0.1) is 0 Å². The average molecular weight is 265 g/mol. The second-order valence-electron chi connectivity index (χ2n) is 5.09. The van der Waals surface area contributed by atoms with E-state index < -0.39 is 0 Å². The number of benzene rings is 1. The monoisotopic (exact) mass is 265 g/mol. The average Bonchev–Trinajstić information content (AvgIpc) is 2.41. The minimum absolute atomic E-state index is 0.113. The van der Waals surface area contributed by atoms with E-state index in [-0.39, 0.29) is 11.7 Å². The van der Waals surface area contributed by atoms with Gasteiger partial charge in [0, 0.05) is 12.1 Å². The van der Waals surface area contributed by atoms with Crippen LogP contribution in [0, 0.1) is 18.7 Å². The number of hydrogen-bond donors (Lipinski definition) is 1. The van der Waals surface area contributed by atoms with Gasteiger partial charge in [0.05, 0.1) is 0 Å². The van der Waals surface area contributed by atoms with Gasteiger partial charge < -0.3 is 5.32 Å². The summed E-state index contributed by atoms with van der Waals surface area (Å²) in [6.07, 6.45) is 4.60. The van der Waals surface area contributed by atoms with E-state index in [0.717, 1.165) is 12.8 Å². The van der Waals surface area contributed by atoms with Gasteiger partial charge in [-0.05, 0) is 43.0 Å². The molecule has 106 valence electrons. The minimum atomic E-state index is -0.272. The van der Waals surface area contributed by atoms with Gasteiger partial charge in [0.25, 0.3) is 5.91 Å². The van der Waals surface area contributed by atoms with Crippen molar-refractivity contribution in [3.05, 3.63) is 35.1 Å². The highest BCUT2D eigenvalue weighted by molar-refractivity contribution is 5.94. The molecule has 1 N–H and O–H groups in total. The van der Waals surface area contributed by atoms with E-state index in [1.165, 1.54) is 25.0 Å². The second kappa shape index (κ2) is 7.93. The van der Waals surface area contributed by atoms with Crippen LogP contribution in [0.5, 0.6) is 0 Å². The topological polar surface area (TPSA) is 29.1 Å². The van der Waals surface area contributed by atoms with Crippen molar-refractivity contribution in [1.82, 2.24) is 5.32 Å². The van der Waals surface area contributed by atoms with Gasteiger partial charge in [0.15, 0.2) is 0 Å². The molecule has 0 aliphatic rings. The molecule has 1 unspecified atom stereocenters. The molecule has 0 saturated carbocycles. The van der Waals surface area contributed by atoms with Gasteiger partial charge in [-0.25, -0.2) is 4.39 Å². The summed E-state index contributed by atoms with van der Waals surface area (Å²) in [4.78, 5) is 12.0. The van der Waals surface area contributed by atoms with Crippen LogP contribution in [0.2, 0.25) is 0 Å². The van der Waals surface area contributed by atoms with Gasteiger partial charge in [-0.1, -0.05) is 33.1 Å². The van der Waals surface area contributed by atoms with E-state index in [1.807, 2.05) is 0 Å². The Hall–Kier alpha value is -1.38. The Labute approximate surface area is 115 Å². The summed E-state index contributed by atoms with van der Waals surface area (Å²) in [5.41, 5.74) is 1.04. The zero-order valence-electron chi connectivity index (χ0n) is 12.1. The van der Waals surface area contributed by atoms with Crippen molar-refractivity contribution in [2.45, 2.75) is 46.5 Å². The molecule has 1 aromatic carbocycles. The first-order valence-electron chi connectivity index (χ1n) is 7.12. The summed E-state index contributed by atoms with van der Waals surface area (Å²) in [5, 5.41) is 2.94. The summed E-state index contributed by atoms with van der Waals surface area (Å²) in [7, 11) is 0. The van der Waals surface area contributed by atoms with Crippen LogP contribution in [-0.4, -0.2) is 12.5 Å². The fourth-order valence-corrected chi connectivity index (χ4v) is 2.07. The Balaban J connectivity index is 2.52. The van der Waals surface area contributed by atoms with E-state index in [2.05, 4.69) is 19.2 Å². The molecule has 1 amide bonds. The van der Waals surface area contributed by atoms with Crippen molar-refractivity contribution in [3.8, 4) is 0 Å². The number of aryl methyl sites for hydroxylation is 1. The molecule has 0 spiro atoms. The van der Waals surface area contributed by atoms with Gasteiger partial charge in [0.2, 0.25) is 0 Å². The number of halogens is 1. The number of carbonyl (C=O) groups is 1. The quantitative estimate of drug-likeness (QED) is 0.790. The van der Waals surface area contributed by atoms with Gasteiger partial charge in [-0.2, -0.15) is 0 Å². The molecule has 1 aromatic rings. The normalized spacial score (nSPS) is 12.2. The third kappa shape index (κ3) is 5.01. The molecule has 0 fully saturated rings. The highest BCUT2D eigenvalue weighted by atomic mass is 19.1. The smallest absolute Gasteiger partial charge is 0.251 e. The van der Waals surface area contributed by atoms with E-state index >= 15 is 0 Å². The van der Waals surface area contributed by atoms with Crippen LogP contribution in [0.4, 0.5) is 4.39 Å². The molecule has 1 atom stereocenters. The third-order valence-corrected chi connectivity index (χ3v) is 3.51. The zero-order chi connectivity index (χ0) is 14.3. The Kier molecular flexibility index (Phi) is 6.54. The lowest BCUT2D eigenvalue weighted by Crippen LogP contribution is -2.29.